The zero-order valence-corrected chi connectivity index (χ0v) is 12.2. The molecule has 2 heterocycles. The second-order valence-electron chi connectivity index (χ2n) is 5.06. The summed E-state index contributed by atoms with van der Waals surface area (Å²) in [6.07, 6.45) is 1.86. The number of benzene rings is 2. The smallest absolute Gasteiger partial charge is 0.192 e. The molecule has 4 aromatic rings. The van der Waals surface area contributed by atoms with E-state index in [1.54, 1.807) is 19.1 Å². The van der Waals surface area contributed by atoms with E-state index in [4.69, 9.17) is 0 Å². The van der Waals surface area contributed by atoms with Crippen LogP contribution in [0.4, 0.5) is 0 Å². The van der Waals surface area contributed by atoms with Gasteiger partial charge in [0.1, 0.15) is 5.75 Å². The Morgan fingerprint density at radius 3 is 2.65 bits per heavy atom. The van der Waals surface area contributed by atoms with Crippen molar-refractivity contribution in [3.05, 3.63) is 56.8 Å². The van der Waals surface area contributed by atoms with Crippen molar-refractivity contribution in [2.45, 2.75) is 6.92 Å². The molecule has 0 unspecified atom stereocenters. The minimum atomic E-state index is -0.0275. The Morgan fingerprint density at radius 1 is 1.10 bits per heavy atom. The van der Waals surface area contributed by atoms with Crippen molar-refractivity contribution in [3.63, 3.8) is 0 Å². The van der Waals surface area contributed by atoms with E-state index in [9.17, 15) is 9.90 Å². The number of rotatable bonds is 0. The number of aryl methyl sites for hydroxylation is 1. The number of hydrogen-bond acceptors (Lipinski definition) is 2. The average Bonchev–Trinajstić information content (AvgIpc) is 2.70. The first-order valence-corrected chi connectivity index (χ1v) is 7.05. The molecule has 0 radical (unpaired) electrons. The second kappa shape index (κ2) is 3.73. The third-order valence-electron chi connectivity index (χ3n) is 3.77. The summed E-state index contributed by atoms with van der Waals surface area (Å²) in [6, 6.07) is 9.25. The van der Waals surface area contributed by atoms with Gasteiger partial charge in [0.2, 0.25) is 0 Å². The lowest BCUT2D eigenvalue weighted by Gasteiger charge is -2.03. The minimum Gasteiger partial charge on any atom is -0.508 e. The predicted molar refractivity (Wildman–Crippen MR) is 84.0 cm³/mol. The van der Waals surface area contributed by atoms with Crippen LogP contribution in [0.25, 0.3) is 27.2 Å². The SMILES string of the molecule is Cc1cn2c3cc(Br)ccc3c3cc(O)cc(c1=O)c32. The van der Waals surface area contributed by atoms with Crippen molar-refractivity contribution >= 4 is 43.1 Å². The summed E-state index contributed by atoms with van der Waals surface area (Å²) >= 11 is 3.48. The number of halogens is 1. The van der Waals surface area contributed by atoms with Gasteiger partial charge in [-0.1, -0.05) is 22.0 Å². The molecule has 0 saturated carbocycles. The summed E-state index contributed by atoms with van der Waals surface area (Å²) in [4.78, 5) is 12.3. The van der Waals surface area contributed by atoms with Crippen LogP contribution >= 0.6 is 15.9 Å². The third kappa shape index (κ3) is 1.37. The number of fused-ring (bicyclic) bond motifs is 3. The number of phenols is 1. The Morgan fingerprint density at radius 2 is 1.85 bits per heavy atom. The summed E-state index contributed by atoms with van der Waals surface area (Å²) in [5.74, 6) is 0.123. The normalized spacial score (nSPS) is 11.9. The van der Waals surface area contributed by atoms with Crippen LogP contribution in [-0.2, 0) is 0 Å². The van der Waals surface area contributed by atoms with Crippen LogP contribution in [0.2, 0.25) is 0 Å². The molecule has 4 heteroatoms. The van der Waals surface area contributed by atoms with Gasteiger partial charge in [0, 0.05) is 27.0 Å². The zero-order valence-electron chi connectivity index (χ0n) is 10.6. The average molecular weight is 328 g/mol. The highest BCUT2D eigenvalue weighted by Gasteiger charge is 2.15. The van der Waals surface area contributed by atoms with Gasteiger partial charge in [0.15, 0.2) is 5.43 Å². The van der Waals surface area contributed by atoms with E-state index in [1.807, 2.05) is 28.8 Å². The maximum atomic E-state index is 12.3. The molecule has 3 nitrogen and oxygen atoms in total. The molecule has 0 fully saturated rings. The summed E-state index contributed by atoms with van der Waals surface area (Å²) in [5.41, 5.74) is 2.53. The van der Waals surface area contributed by atoms with Crippen molar-refractivity contribution in [3.8, 4) is 5.75 Å². The van der Waals surface area contributed by atoms with Crippen LogP contribution < -0.4 is 5.43 Å². The van der Waals surface area contributed by atoms with Gasteiger partial charge in [0.25, 0.3) is 0 Å². The van der Waals surface area contributed by atoms with E-state index in [-0.39, 0.29) is 11.2 Å². The Balaban J connectivity index is 2.47. The van der Waals surface area contributed by atoms with Crippen LogP contribution in [0.15, 0.2) is 45.8 Å². The molecular weight excluding hydrogens is 318 g/mol. The van der Waals surface area contributed by atoms with Crippen LogP contribution in [0.3, 0.4) is 0 Å². The van der Waals surface area contributed by atoms with Gasteiger partial charge < -0.3 is 9.51 Å². The van der Waals surface area contributed by atoms with Gasteiger partial charge in [-0.05, 0) is 31.2 Å². The monoisotopic (exact) mass is 327 g/mol. The lowest BCUT2D eigenvalue weighted by atomic mass is 10.1. The van der Waals surface area contributed by atoms with Crippen LogP contribution in [0, 0.1) is 6.92 Å². The van der Waals surface area contributed by atoms with Gasteiger partial charge in [0.05, 0.1) is 16.4 Å². The lowest BCUT2D eigenvalue weighted by Crippen LogP contribution is -2.07. The van der Waals surface area contributed by atoms with E-state index in [0.717, 1.165) is 26.3 Å². The molecule has 0 bridgehead atoms. The molecule has 0 aliphatic rings. The molecule has 1 N–H and O–H groups in total. The van der Waals surface area contributed by atoms with Crippen molar-refractivity contribution in [2.75, 3.05) is 0 Å². The molecular formula is C16H10BrNO2. The largest absolute Gasteiger partial charge is 0.508 e. The predicted octanol–water partition coefficient (Wildman–Crippen LogP) is 3.82. The Bertz CT molecular complexity index is 1050. The summed E-state index contributed by atoms with van der Waals surface area (Å²) in [5, 5.41) is 12.4. The highest BCUT2D eigenvalue weighted by atomic mass is 79.9. The third-order valence-corrected chi connectivity index (χ3v) is 4.26. The fourth-order valence-electron chi connectivity index (χ4n) is 2.91. The van der Waals surface area contributed by atoms with E-state index < -0.39 is 0 Å². The fraction of sp³-hybridized carbons (Fsp3) is 0.0625. The van der Waals surface area contributed by atoms with E-state index in [0.29, 0.717) is 10.9 Å². The highest BCUT2D eigenvalue weighted by Crippen LogP contribution is 2.34. The molecule has 98 valence electrons. The van der Waals surface area contributed by atoms with Gasteiger partial charge in [-0.15, -0.1) is 0 Å². The minimum absolute atomic E-state index is 0.0275. The molecule has 0 spiro atoms. The number of phenolic OH excluding ortho intramolecular Hbond substituents is 1. The van der Waals surface area contributed by atoms with E-state index in [2.05, 4.69) is 15.9 Å². The first kappa shape index (κ1) is 11.7. The van der Waals surface area contributed by atoms with Crippen molar-refractivity contribution < 1.29 is 5.11 Å². The van der Waals surface area contributed by atoms with Crippen molar-refractivity contribution in [1.29, 1.82) is 0 Å². The number of aromatic nitrogens is 1. The maximum absolute atomic E-state index is 12.3. The Labute approximate surface area is 122 Å². The fourth-order valence-corrected chi connectivity index (χ4v) is 3.26. The molecule has 2 aromatic heterocycles. The number of hydrogen-bond donors (Lipinski definition) is 1. The number of nitrogens with zero attached hydrogens (tertiary/aromatic N) is 1. The highest BCUT2D eigenvalue weighted by molar-refractivity contribution is 9.10. The quantitative estimate of drug-likeness (QED) is 0.533. The second-order valence-corrected chi connectivity index (χ2v) is 5.98. The number of aromatic hydroxyl groups is 1. The first-order chi connectivity index (χ1) is 9.56. The standard InChI is InChI=1S/C16H10BrNO2/c1-8-7-18-14-4-9(17)2-3-11(14)12-5-10(19)6-13(15(12)18)16(8)20/h2-7,19H,1H3. The topological polar surface area (TPSA) is 41.7 Å². The van der Waals surface area contributed by atoms with Crippen molar-refractivity contribution in [1.82, 2.24) is 4.40 Å². The van der Waals surface area contributed by atoms with E-state index in [1.165, 1.54) is 0 Å². The van der Waals surface area contributed by atoms with Gasteiger partial charge in [-0.25, -0.2) is 0 Å². The summed E-state index contributed by atoms with van der Waals surface area (Å²) < 4.78 is 3.01. The molecule has 0 aliphatic heterocycles. The molecule has 20 heavy (non-hydrogen) atoms. The molecule has 0 amide bonds. The molecule has 0 atom stereocenters. The van der Waals surface area contributed by atoms with Crippen LogP contribution in [-0.4, -0.2) is 9.51 Å². The van der Waals surface area contributed by atoms with Gasteiger partial charge in [-0.3, -0.25) is 4.79 Å². The van der Waals surface area contributed by atoms with Crippen LogP contribution in [0.1, 0.15) is 5.56 Å². The van der Waals surface area contributed by atoms with Gasteiger partial charge >= 0.3 is 0 Å². The summed E-state index contributed by atoms with van der Waals surface area (Å²) in [6.45, 7) is 1.80. The van der Waals surface area contributed by atoms with Crippen LogP contribution in [0.5, 0.6) is 5.75 Å². The molecule has 0 saturated heterocycles. The Hall–Kier alpha value is -2.07. The number of pyridine rings is 1. The summed E-state index contributed by atoms with van der Waals surface area (Å²) in [7, 11) is 0. The molecule has 4 rings (SSSR count). The zero-order chi connectivity index (χ0) is 14.0. The lowest BCUT2D eigenvalue weighted by molar-refractivity contribution is 0.477. The van der Waals surface area contributed by atoms with Gasteiger partial charge in [-0.2, -0.15) is 0 Å². The molecule has 2 aromatic carbocycles. The van der Waals surface area contributed by atoms with E-state index >= 15 is 0 Å². The Kier molecular flexibility index (Phi) is 2.19. The first-order valence-electron chi connectivity index (χ1n) is 6.25. The molecule has 0 aliphatic carbocycles. The maximum Gasteiger partial charge on any atom is 0.192 e. The van der Waals surface area contributed by atoms with Crippen molar-refractivity contribution in [2.24, 2.45) is 0 Å².